The number of aromatic nitrogens is 6. The summed E-state index contributed by atoms with van der Waals surface area (Å²) in [6.07, 6.45) is 1.81. The number of aromatic amines is 1. The molecule has 0 atom stereocenters. The van der Waals surface area contributed by atoms with Crippen LogP contribution in [0.2, 0.25) is 5.02 Å². The van der Waals surface area contributed by atoms with E-state index in [-0.39, 0.29) is 0 Å². The summed E-state index contributed by atoms with van der Waals surface area (Å²) >= 11 is 5.94. The molecule has 25 heavy (non-hydrogen) atoms. The third-order valence-electron chi connectivity index (χ3n) is 4.11. The van der Waals surface area contributed by atoms with Crippen molar-refractivity contribution in [3.63, 3.8) is 0 Å². The van der Waals surface area contributed by atoms with E-state index in [0.29, 0.717) is 10.8 Å². The summed E-state index contributed by atoms with van der Waals surface area (Å²) in [5.74, 6) is 0.619. The second kappa shape index (κ2) is 5.39. The van der Waals surface area contributed by atoms with Crippen molar-refractivity contribution >= 4 is 28.0 Å². The Bertz CT molecular complexity index is 1210. The van der Waals surface area contributed by atoms with Gasteiger partial charge in [-0.15, -0.1) is 10.2 Å². The van der Waals surface area contributed by atoms with Gasteiger partial charge in [0.15, 0.2) is 5.65 Å². The zero-order chi connectivity index (χ0) is 16.8. The number of benzene rings is 2. The summed E-state index contributed by atoms with van der Waals surface area (Å²) in [5.41, 5.74) is 3.25. The van der Waals surface area contributed by atoms with Crippen LogP contribution in [-0.4, -0.2) is 30.0 Å². The summed E-state index contributed by atoms with van der Waals surface area (Å²) in [7, 11) is 0. The molecule has 0 radical (unpaired) electrons. The van der Waals surface area contributed by atoms with Crippen LogP contribution in [0.3, 0.4) is 0 Å². The van der Waals surface area contributed by atoms with Crippen LogP contribution in [0.25, 0.3) is 39.2 Å². The molecule has 3 heterocycles. The van der Waals surface area contributed by atoms with Crippen molar-refractivity contribution in [3.05, 3.63) is 65.8 Å². The van der Waals surface area contributed by atoms with Gasteiger partial charge in [-0.3, -0.25) is 5.10 Å². The van der Waals surface area contributed by atoms with Crippen molar-refractivity contribution in [3.8, 4) is 22.8 Å². The molecule has 0 fully saturated rings. The first kappa shape index (κ1) is 14.1. The second-order valence-corrected chi connectivity index (χ2v) is 6.10. The number of H-pyrrole nitrogens is 1. The SMILES string of the molecule is Clc1ccc(-c2cc(-c3nnc4c5ccccc5cnn34)[nH]n2)cc1. The highest BCUT2D eigenvalue weighted by Gasteiger charge is 2.14. The maximum atomic E-state index is 5.94. The molecule has 0 aliphatic rings. The van der Waals surface area contributed by atoms with Crippen LogP contribution >= 0.6 is 11.6 Å². The average Bonchev–Trinajstić information content (AvgIpc) is 3.29. The first-order valence-corrected chi connectivity index (χ1v) is 8.08. The van der Waals surface area contributed by atoms with Crippen LogP contribution in [0.1, 0.15) is 0 Å². The Morgan fingerprint density at radius 2 is 1.80 bits per heavy atom. The van der Waals surface area contributed by atoms with E-state index in [0.717, 1.165) is 33.4 Å². The summed E-state index contributed by atoms with van der Waals surface area (Å²) in [4.78, 5) is 0. The van der Waals surface area contributed by atoms with Crippen molar-refractivity contribution in [2.45, 2.75) is 0 Å². The van der Waals surface area contributed by atoms with Gasteiger partial charge in [0.2, 0.25) is 5.82 Å². The maximum absolute atomic E-state index is 5.94. The molecule has 0 amide bonds. The lowest BCUT2D eigenvalue weighted by molar-refractivity contribution is 0.934. The number of fused-ring (bicyclic) bond motifs is 3. The van der Waals surface area contributed by atoms with Gasteiger partial charge in [-0.2, -0.15) is 14.7 Å². The van der Waals surface area contributed by atoms with Gasteiger partial charge in [-0.1, -0.05) is 48.0 Å². The van der Waals surface area contributed by atoms with Gasteiger partial charge in [0, 0.05) is 21.4 Å². The molecule has 3 aromatic heterocycles. The van der Waals surface area contributed by atoms with E-state index >= 15 is 0 Å². The van der Waals surface area contributed by atoms with Crippen LogP contribution in [0, 0.1) is 0 Å². The molecule has 2 aromatic carbocycles. The molecule has 5 rings (SSSR count). The molecule has 0 aliphatic carbocycles. The van der Waals surface area contributed by atoms with Gasteiger partial charge >= 0.3 is 0 Å². The van der Waals surface area contributed by atoms with Gasteiger partial charge < -0.3 is 0 Å². The Balaban J connectivity index is 1.64. The Morgan fingerprint density at radius 3 is 2.68 bits per heavy atom. The molecular weight excluding hydrogens is 336 g/mol. The fourth-order valence-electron chi connectivity index (χ4n) is 2.86. The van der Waals surface area contributed by atoms with E-state index in [1.54, 1.807) is 4.52 Å². The van der Waals surface area contributed by atoms with E-state index < -0.39 is 0 Å². The fraction of sp³-hybridized carbons (Fsp3) is 0. The molecule has 0 spiro atoms. The van der Waals surface area contributed by atoms with Crippen LogP contribution in [0.4, 0.5) is 0 Å². The topological polar surface area (TPSA) is 71.8 Å². The Morgan fingerprint density at radius 1 is 0.960 bits per heavy atom. The Kier molecular flexibility index (Phi) is 3.05. The summed E-state index contributed by atoms with van der Waals surface area (Å²) in [6, 6.07) is 17.4. The molecule has 0 bridgehead atoms. The molecule has 120 valence electrons. The monoisotopic (exact) mass is 346 g/mol. The first-order valence-electron chi connectivity index (χ1n) is 7.70. The van der Waals surface area contributed by atoms with Crippen LogP contribution in [-0.2, 0) is 0 Å². The summed E-state index contributed by atoms with van der Waals surface area (Å²) in [6.45, 7) is 0. The predicted octanol–water partition coefficient (Wildman–Crippen LogP) is 3.99. The molecule has 6 nitrogen and oxygen atoms in total. The van der Waals surface area contributed by atoms with Gasteiger partial charge in [0.1, 0.15) is 5.69 Å². The standard InChI is InChI=1S/C18H11ClN6/c19-13-7-5-11(6-8-13)15-9-16(22-21-15)18-24-23-17-14-4-2-1-3-12(14)10-20-25(17)18/h1-10H,(H,21,22). The lowest BCUT2D eigenvalue weighted by Crippen LogP contribution is -1.95. The normalized spacial score (nSPS) is 11.4. The van der Waals surface area contributed by atoms with E-state index in [4.69, 9.17) is 11.6 Å². The van der Waals surface area contributed by atoms with E-state index in [2.05, 4.69) is 25.5 Å². The lowest BCUT2D eigenvalue weighted by atomic mass is 10.1. The van der Waals surface area contributed by atoms with Crippen molar-refractivity contribution in [2.75, 3.05) is 0 Å². The third-order valence-corrected chi connectivity index (χ3v) is 4.37. The van der Waals surface area contributed by atoms with Gasteiger partial charge in [-0.25, -0.2) is 0 Å². The minimum Gasteiger partial charge on any atom is -0.274 e. The minimum absolute atomic E-state index is 0.619. The minimum atomic E-state index is 0.619. The fourth-order valence-corrected chi connectivity index (χ4v) is 2.99. The molecule has 7 heteroatoms. The third kappa shape index (κ3) is 2.27. The zero-order valence-corrected chi connectivity index (χ0v) is 13.6. The molecule has 5 aromatic rings. The summed E-state index contributed by atoms with van der Waals surface area (Å²) in [5, 5.41) is 23.2. The van der Waals surface area contributed by atoms with Crippen molar-refractivity contribution in [1.29, 1.82) is 0 Å². The van der Waals surface area contributed by atoms with Crippen molar-refractivity contribution < 1.29 is 0 Å². The van der Waals surface area contributed by atoms with Crippen molar-refractivity contribution in [2.24, 2.45) is 0 Å². The number of hydrogen-bond acceptors (Lipinski definition) is 4. The molecular formula is C18H11ClN6. The first-order chi connectivity index (χ1) is 12.3. The Hall–Kier alpha value is -3.25. The maximum Gasteiger partial charge on any atom is 0.203 e. The molecule has 0 saturated carbocycles. The van der Waals surface area contributed by atoms with Gasteiger partial charge in [0.25, 0.3) is 0 Å². The highest BCUT2D eigenvalue weighted by atomic mass is 35.5. The van der Waals surface area contributed by atoms with Crippen LogP contribution in [0.15, 0.2) is 60.8 Å². The highest BCUT2D eigenvalue weighted by molar-refractivity contribution is 6.30. The van der Waals surface area contributed by atoms with E-state index in [9.17, 15) is 0 Å². The average molecular weight is 347 g/mol. The molecule has 0 aliphatic heterocycles. The second-order valence-electron chi connectivity index (χ2n) is 5.66. The van der Waals surface area contributed by atoms with E-state index in [1.807, 2.05) is 60.8 Å². The van der Waals surface area contributed by atoms with Crippen LogP contribution < -0.4 is 0 Å². The Labute approximate surface area is 147 Å². The van der Waals surface area contributed by atoms with Gasteiger partial charge in [0.05, 0.1) is 11.9 Å². The smallest absolute Gasteiger partial charge is 0.203 e. The molecule has 0 unspecified atom stereocenters. The number of halogens is 1. The zero-order valence-electron chi connectivity index (χ0n) is 12.9. The predicted molar refractivity (Wildman–Crippen MR) is 96.3 cm³/mol. The number of nitrogens with one attached hydrogen (secondary N) is 1. The number of rotatable bonds is 2. The highest BCUT2D eigenvalue weighted by Crippen LogP contribution is 2.25. The van der Waals surface area contributed by atoms with E-state index in [1.165, 1.54) is 0 Å². The summed E-state index contributed by atoms with van der Waals surface area (Å²) < 4.78 is 1.72. The van der Waals surface area contributed by atoms with Crippen molar-refractivity contribution in [1.82, 2.24) is 30.0 Å². The molecule has 1 N–H and O–H groups in total. The number of hydrogen-bond donors (Lipinski definition) is 1. The lowest BCUT2D eigenvalue weighted by Gasteiger charge is -1.99. The molecule has 0 saturated heterocycles. The quantitative estimate of drug-likeness (QED) is 0.524. The van der Waals surface area contributed by atoms with Gasteiger partial charge in [-0.05, 0) is 18.2 Å². The van der Waals surface area contributed by atoms with Crippen LogP contribution in [0.5, 0.6) is 0 Å². The number of nitrogens with zero attached hydrogens (tertiary/aromatic N) is 5. The largest absolute Gasteiger partial charge is 0.274 e.